The second kappa shape index (κ2) is 3.06. The molecule has 0 bridgehead atoms. The molecule has 1 radical (unpaired) electrons. The van der Waals surface area contributed by atoms with Gasteiger partial charge in [-0.05, 0) is 0 Å². The summed E-state index contributed by atoms with van der Waals surface area (Å²) in [6.07, 6.45) is -5.32. The lowest BCUT2D eigenvalue weighted by Crippen LogP contribution is -2.22. The van der Waals surface area contributed by atoms with Gasteiger partial charge in [-0.2, -0.15) is 13.2 Å². The van der Waals surface area contributed by atoms with Gasteiger partial charge in [0, 0.05) is 18.5 Å². The van der Waals surface area contributed by atoms with Crippen LogP contribution in [0, 0.1) is 6.07 Å². The molecular formula is C6H4F3N2O. The van der Waals surface area contributed by atoms with Crippen LogP contribution in [0.4, 0.5) is 13.2 Å². The van der Waals surface area contributed by atoms with Crippen molar-refractivity contribution in [1.82, 2.24) is 9.97 Å². The molecule has 1 heterocycles. The van der Waals surface area contributed by atoms with E-state index in [0.29, 0.717) is 0 Å². The summed E-state index contributed by atoms with van der Waals surface area (Å²) in [5, 5.41) is 8.59. The molecule has 0 amide bonds. The van der Waals surface area contributed by atoms with Gasteiger partial charge >= 0.3 is 6.18 Å². The molecule has 1 unspecified atom stereocenters. The Kier molecular flexibility index (Phi) is 2.27. The molecule has 0 fully saturated rings. The number of aliphatic hydroxyl groups excluding tert-OH is 1. The van der Waals surface area contributed by atoms with Crippen molar-refractivity contribution in [2.45, 2.75) is 12.3 Å². The molecule has 1 aromatic heterocycles. The van der Waals surface area contributed by atoms with Crippen molar-refractivity contribution in [3.8, 4) is 0 Å². The van der Waals surface area contributed by atoms with Crippen molar-refractivity contribution in [1.29, 1.82) is 0 Å². The molecule has 1 atom stereocenters. The van der Waals surface area contributed by atoms with Crippen molar-refractivity contribution in [2.24, 2.45) is 0 Å². The first-order valence-corrected chi connectivity index (χ1v) is 2.94. The van der Waals surface area contributed by atoms with E-state index < -0.39 is 18.1 Å². The molecule has 12 heavy (non-hydrogen) atoms. The summed E-state index contributed by atoms with van der Waals surface area (Å²) < 4.78 is 35.4. The third kappa shape index (κ3) is 1.91. The quantitative estimate of drug-likeness (QED) is 0.692. The Hall–Kier alpha value is -1.17. The standard InChI is InChI=1S/C6H4F3N2O/c7-6(8,9)4(12)5-10-2-1-3-11-5/h2-4,12H. The number of alkyl halides is 3. The second-order valence-electron chi connectivity index (χ2n) is 1.99. The molecule has 3 nitrogen and oxygen atoms in total. The van der Waals surface area contributed by atoms with Crippen LogP contribution in [0.25, 0.3) is 0 Å². The summed E-state index contributed by atoms with van der Waals surface area (Å²) in [5.74, 6) is -0.666. The number of aromatic nitrogens is 2. The summed E-state index contributed by atoms with van der Waals surface area (Å²) in [4.78, 5) is 6.42. The molecule has 0 aromatic carbocycles. The van der Waals surface area contributed by atoms with Crippen LogP contribution in [-0.4, -0.2) is 21.3 Å². The van der Waals surface area contributed by atoms with Crippen LogP contribution < -0.4 is 0 Å². The zero-order chi connectivity index (χ0) is 9.19. The highest BCUT2D eigenvalue weighted by atomic mass is 19.4. The molecule has 6 heteroatoms. The fraction of sp³-hybridized carbons (Fsp3) is 0.333. The Balaban J connectivity index is 2.86. The predicted octanol–water partition coefficient (Wildman–Crippen LogP) is 0.872. The normalized spacial score (nSPS) is 14.3. The maximum Gasteiger partial charge on any atom is 0.421 e. The van der Waals surface area contributed by atoms with Crippen LogP contribution in [0.5, 0.6) is 0 Å². The van der Waals surface area contributed by atoms with Gasteiger partial charge in [-0.1, -0.05) is 0 Å². The fourth-order valence-corrected chi connectivity index (χ4v) is 0.561. The molecule has 0 spiro atoms. The Labute approximate surface area is 65.9 Å². The lowest BCUT2D eigenvalue weighted by atomic mass is 10.3. The van der Waals surface area contributed by atoms with Gasteiger partial charge in [0.2, 0.25) is 6.10 Å². The number of rotatable bonds is 1. The number of aliphatic hydroxyl groups is 1. The minimum absolute atomic E-state index is 0.666. The molecule has 1 aromatic rings. The van der Waals surface area contributed by atoms with E-state index in [9.17, 15) is 13.2 Å². The number of hydrogen-bond acceptors (Lipinski definition) is 3. The highest BCUT2D eigenvalue weighted by Crippen LogP contribution is 2.29. The van der Waals surface area contributed by atoms with Crippen molar-refractivity contribution >= 4 is 0 Å². The Morgan fingerprint density at radius 1 is 1.33 bits per heavy atom. The first-order valence-electron chi connectivity index (χ1n) is 2.94. The zero-order valence-corrected chi connectivity index (χ0v) is 5.71. The van der Waals surface area contributed by atoms with Gasteiger partial charge < -0.3 is 5.11 Å². The van der Waals surface area contributed by atoms with Crippen molar-refractivity contribution in [3.05, 3.63) is 24.3 Å². The van der Waals surface area contributed by atoms with Gasteiger partial charge in [-0.3, -0.25) is 0 Å². The summed E-state index contributed by atoms with van der Waals surface area (Å²) >= 11 is 0. The lowest BCUT2D eigenvalue weighted by Gasteiger charge is -2.11. The third-order valence-corrected chi connectivity index (χ3v) is 1.10. The van der Waals surface area contributed by atoms with Gasteiger partial charge in [-0.15, -0.1) is 0 Å². The van der Waals surface area contributed by atoms with E-state index in [1.165, 1.54) is 0 Å². The summed E-state index contributed by atoms with van der Waals surface area (Å²) in [7, 11) is 0. The Morgan fingerprint density at radius 3 is 2.25 bits per heavy atom. The molecule has 65 valence electrons. The third-order valence-electron chi connectivity index (χ3n) is 1.10. The van der Waals surface area contributed by atoms with Gasteiger partial charge in [0.15, 0.2) is 5.82 Å². The fourth-order valence-electron chi connectivity index (χ4n) is 0.561. The van der Waals surface area contributed by atoms with Gasteiger partial charge in [-0.25, -0.2) is 9.97 Å². The van der Waals surface area contributed by atoms with Crippen LogP contribution in [0.2, 0.25) is 0 Å². The van der Waals surface area contributed by atoms with Crippen molar-refractivity contribution in [2.75, 3.05) is 0 Å². The highest BCUT2D eigenvalue weighted by Gasteiger charge is 2.41. The largest absolute Gasteiger partial charge is 0.421 e. The summed E-state index contributed by atoms with van der Waals surface area (Å²) in [6, 6.07) is 2.34. The topological polar surface area (TPSA) is 46.0 Å². The number of halogens is 3. The van der Waals surface area contributed by atoms with Crippen LogP contribution in [0.15, 0.2) is 12.4 Å². The predicted molar refractivity (Wildman–Crippen MR) is 31.9 cm³/mol. The second-order valence-corrected chi connectivity index (χ2v) is 1.99. The Morgan fingerprint density at radius 2 is 1.83 bits per heavy atom. The average Bonchev–Trinajstić information content (AvgIpc) is 2.03. The number of nitrogens with zero attached hydrogens (tertiary/aromatic N) is 2. The van der Waals surface area contributed by atoms with E-state index in [2.05, 4.69) is 16.0 Å². The smallest absolute Gasteiger partial charge is 0.377 e. The van der Waals surface area contributed by atoms with Crippen LogP contribution in [0.3, 0.4) is 0 Å². The molecule has 0 aliphatic rings. The van der Waals surface area contributed by atoms with E-state index in [0.717, 1.165) is 12.4 Å². The van der Waals surface area contributed by atoms with Gasteiger partial charge in [0.1, 0.15) is 0 Å². The first-order chi connectivity index (χ1) is 5.52. The van der Waals surface area contributed by atoms with E-state index in [-0.39, 0.29) is 0 Å². The molecule has 0 aliphatic heterocycles. The maximum absolute atomic E-state index is 11.8. The molecule has 1 rings (SSSR count). The van der Waals surface area contributed by atoms with Crippen molar-refractivity contribution in [3.63, 3.8) is 0 Å². The van der Waals surface area contributed by atoms with E-state index in [1.807, 2.05) is 0 Å². The maximum atomic E-state index is 11.8. The molecule has 0 aliphatic carbocycles. The minimum atomic E-state index is -4.72. The SMILES string of the molecule is OC(c1nc[c]cn1)C(F)(F)F. The summed E-state index contributed by atoms with van der Waals surface area (Å²) in [5.41, 5.74) is 0. The zero-order valence-electron chi connectivity index (χ0n) is 5.71. The first kappa shape index (κ1) is 8.92. The van der Waals surface area contributed by atoms with Crippen LogP contribution in [-0.2, 0) is 0 Å². The van der Waals surface area contributed by atoms with E-state index >= 15 is 0 Å². The average molecular weight is 177 g/mol. The van der Waals surface area contributed by atoms with E-state index in [4.69, 9.17) is 5.11 Å². The summed E-state index contributed by atoms with van der Waals surface area (Å²) in [6.45, 7) is 0. The number of hydrogen-bond donors (Lipinski definition) is 1. The monoisotopic (exact) mass is 177 g/mol. The van der Waals surface area contributed by atoms with Crippen LogP contribution in [0.1, 0.15) is 11.9 Å². The van der Waals surface area contributed by atoms with Crippen LogP contribution >= 0.6 is 0 Å². The lowest BCUT2D eigenvalue weighted by molar-refractivity contribution is -0.209. The Bertz CT molecular complexity index is 249. The molecular weight excluding hydrogens is 173 g/mol. The molecule has 1 N–H and O–H groups in total. The highest BCUT2D eigenvalue weighted by molar-refractivity contribution is 4.94. The molecule has 0 saturated carbocycles. The van der Waals surface area contributed by atoms with E-state index in [1.54, 1.807) is 0 Å². The van der Waals surface area contributed by atoms with Gasteiger partial charge in [0.25, 0.3) is 0 Å². The molecule has 0 saturated heterocycles. The minimum Gasteiger partial charge on any atom is -0.377 e. The van der Waals surface area contributed by atoms with Gasteiger partial charge in [0.05, 0.1) is 0 Å². The van der Waals surface area contributed by atoms with Crippen molar-refractivity contribution < 1.29 is 18.3 Å².